The van der Waals surface area contributed by atoms with Crippen molar-refractivity contribution in [3.05, 3.63) is 102 Å². The minimum Gasteiger partial charge on any atom is -0.454 e. The second-order valence-corrected chi connectivity index (χ2v) is 10.7. The van der Waals surface area contributed by atoms with E-state index in [4.69, 9.17) is 4.74 Å². The van der Waals surface area contributed by atoms with E-state index in [0.29, 0.717) is 23.1 Å². The van der Waals surface area contributed by atoms with E-state index in [9.17, 15) is 19.2 Å². The van der Waals surface area contributed by atoms with Crippen molar-refractivity contribution in [1.29, 1.82) is 0 Å². The Kier molecular flexibility index (Phi) is 5.18. The van der Waals surface area contributed by atoms with Crippen LogP contribution in [0.25, 0.3) is 11.1 Å². The molecule has 0 unspecified atom stereocenters. The van der Waals surface area contributed by atoms with Crippen LogP contribution in [0.3, 0.4) is 0 Å². The molecule has 8 rings (SSSR count). The molecule has 3 fully saturated rings. The fourth-order valence-corrected chi connectivity index (χ4v) is 6.76. The van der Waals surface area contributed by atoms with Crippen molar-refractivity contribution in [2.45, 2.75) is 6.42 Å². The Labute approximate surface area is 219 Å². The third-order valence-electron chi connectivity index (χ3n) is 8.65. The van der Waals surface area contributed by atoms with Crippen LogP contribution in [0.5, 0.6) is 0 Å². The number of imide groups is 1. The number of carbonyl (C=O) groups is 4. The number of benzene rings is 3. The van der Waals surface area contributed by atoms with Crippen LogP contribution < -0.4 is 4.90 Å². The van der Waals surface area contributed by atoms with Gasteiger partial charge >= 0.3 is 5.97 Å². The minimum absolute atomic E-state index is 0.136. The fraction of sp³-hybridized carbons (Fsp3) is 0.250. The molecule has 2 amide bonds. The smallest absolute Gasteiger partial charge is 0.338 e. The maximum Gasteiger partial charge on any atom is 0.338 e. The summed E-state index contributed by atoms with van der Waals surface area (Å²) in [5.74, 6) is -0.633. The number of carbonyl (C=O) groups excluding carboxylic acids is 4. The van der Waals surface area contributed by atoms with E-state index < -0.39 is 12.6 Å². The second kappa shape index (κ2) is 8.62. The maximum absolute atomic E-state index is 13.4. The van der Waals surface area contributed by atoms with Gasteiger partial charge in [-0.25, -0.2) is 9.69 Å². The van der Waals surface area contributed by atoms with Crippen molar-refractivity contribution in [2.75, 3.05) is 11.5 Å². The molecule has 6 heteroatoms. The van der Waals surface area contributed by atoms with E-state index in [1.807, 2.05) is 42.5 Å². The summed E-state index contributed by atoms with van der Waals surface area (Å²) in [6.45, 7) is -0.405. The third kappa shape index (κ3) is 3.55. The predicted octanol–water partition coefficient (Wildman–Crippen LogP) is 4.95. The number of ether oxygens (including phenoxy) is 1. The summed E-state index contributed by atoms with van der Waals surface area (Å²) in [5, 5.41) is 0. The highest BCUT2D eigenvalue weighted by atomic mass is 16.5. The van der Waals surface area contributed by atoms with Gasteiger partial charge in [0.2, 0.25) is 11.8 Å². The summed E-state index contributed by atoms with van der Waals surface area (Å²) in [6, 6.07) is 23.4. The first-order valence-corrected chi connectivity index (χ1v) is 13.0. The molecule has 188 valence electrons. The summed E-state index contributed by atoms with van der Waals surface area (Å²) in [6.07, 6.45) is 5.37. The number of amides is 2. The Balaban J connectivity index is 1.03. The van der Waals surface area contributed by atoms with Gasteiger partial charge < -0.3 is 4.74 Å². The molecule has 0 aromatic heterocycles. The molecule has 6 nitrogen and oxygen atoms in total. The Morgan fingerprint density at radius 1 is 0.737 bits per heavy atom. The number of allylic oxidation sites excluding steroid dienone is 2. The number of nitrogens with zero attached hydrogens (tertiary/aromatic N) is 1. The highest BCUT2D eigenvalue weighted by Crippen LogP contribution is 2.65. The first-order chi connectivity index (χ1) is 18.5. The molecule has 1 saturated heterocycles. The molecule has 38 heavy (non-hydrogen) atoms. The van der Waals surface area contributed by atoms with E-state index in [2.05, 4.69) is 12.2 Å². The van der Waals surface area contributed by atoms with E-state index >= 15 is 0 Å². The quantitative estimate of drug-likeness (QED) is 0.206. The van der Waals surface area contributed by atoms with Gasteiger partial charge in [-0.2, -0.15) is 0 Å². The highest BCUT2D eigenvalue weighted by molar-refractivity contribution is 6.23. The lowest BCUT2D eigenvalue weighted by Gasteiger charge is -2.37. The number of anilines is 1. The molecule has 2 saturated carbocycles. The van der Waals surface area contributed by atoms with Crippen LogP contribution in [0.2, 0.25) is 0 Å². The molecule has 0 radical (unpaired) electrons. The van der Waals surface area contributed by atoms with Crippen LogP contribution in [0.15, 0.2) is 91.0 Å². The molecule has 0 spiro atoms. The van der Waals surface area contributed by atoms with Crippen molar-refractivity contribution in [3.8, 4) is 11.1 Å². The highest BCUT2D eigenvalue weighted by Gasteiger charge is 2.67. The van der Waals surface area contributed by atoms with Crippen LogP contribution in [-0.2, 0) is 14.3 Å². The molecule has 6 atom stereocenters. The van der Waals surface area contributed by atoms with Crippen LogP contribution in [-0.4, -0.2) is 30.2 Å². The summed E-state index contributed by atoms with van der Waals surface area (Å²) >= 11 is 0. The molecule has 2 bridgehead atoms. The zero-order valence-corrected chi connectivity index (χ0v) is 20.5. The Morgan fingerprint density at radius 2 is 1.37 bits per heavy atom. The van der Waals surface area contributed by atoms with Gasteiger partial charge in [-0.15, -0.1) is 0 Å². The lowest BCUT2D eigenvalue weighted by atomic mass is 9.63. The van der Waals surface area contributed by atoms with Crippen molar-refractivity contribution < 1.29 is 23.9 Å². The molecular weight excluding hydrogens is 478 g/mol. The maximum atomic E-state index is 13.4. The second-order valence-electron chi connectivity index (χ2n) is 10.7. The monoisotopic (exact) mass is 503 g/mol. The first-order valence-electron chi connectivity index (χ1n) is 13.0. The van der Waals surface area contributed by atoms with Crippen LogP contribution in [0.1, 0.15) is 27.1 Å². The van der Waals surface area contributed by atoms with Crippen molar-refractivity contribution in [3.63, 3.8) is 0 Å². The van der Waals surface area contributed by atoms with Gasteiger partial charge in [0.1, 0.15) is 0 Å². The van der Waals surface area contributed by atoms with Crippen molar-refractivity contribution in [2.24, 2.45) is 35.5 Å². The number of hydrogen-bond donors (Lipinski definition) is 0. The van der Waals surface area contributed by atoms with Gasteiger partial charge in [0, 0.05) is 5.56 Å². The van der Waals surface area contributed by atoms with Crippen LogP contribution in [0, 0.1) is 35.5 Å². The molecule has 1 heterocycles. The zero-order chi connectivity index (χ0) is 26.0. The molecule has 5 aliphatic rings. The summed E-state index contributed by atoms with van der Waals surface area (Å²) in [5.41, 5.74) is 3.05. The number of rotatable bonds is 6. The Morgan fingerprint density at radius 3 is 2.03 bits per heavy atom. The third-order valence-corrected chi connectivity index (χ3v) is 8.65. The van der Waals surface area contributed by atoms with E-state index in [1.165, 1.54) is 11.0 Å². The van der Waals surface area contributed by atoms with Gasteiger partial charge in [0.05, 0.1) is 23.1 Å². The van der Waals surface area contributed by atoms with Crippen LogP contribution >= 0.6 is 0 Å². The average molecular weight is 504 g/mol. The Hall–Kier alpha value is -4.32. The molecule has 1 aliphatic heterocycles. The number of hydrogen-bond acceptors (Lipinski definition) is 5. The summed E-state index contributed by atoms with van der Waals surface area (Å²) in [7, 11) is 0. The normalized spacial score (nSPS) is 28.2. The molecular formula is C32H25NO5. The SMILES string of the molecule is O=C(COC(=O)c1cccc(N2C(=O)[C@@H]3[C@H]4C=C[C@@H]([C@@H]5C[C@H]45)[C@@H]3C2=O)c1)c1ccc(-c2ccccc2)cc1. The van der Waals surface area contributed by atoms with E-state index in [1.54, 1.807) is 30.3 Å². The fourth-order valence-electron chi connectivity index (χ4n) is 6.76. The zero-order valence-electron chi connectivity index (χ0n) is 20.5. The Bertz CT molecular complexity index is 1470. The summed E-state index contributed by atoms with van der Waals surface area (Å²) < 4.78 is 5.30. The largest absolute Gasteiger partial charge is 0.454 e. The van der Waals surface area contributed by atoms with Crippen molar-refractivity contribution in [1.82, 2.24) is 0 Å². The number of esters is 1. The minimum atomic E-state index is -0.680. The number of Topliss-reactive ketones (excluding diaryl/α,β-unsaturated/α-hetero) is 1. The predicted molar refractivity (Wildman–Crippen MR) is 140 cm³/mol. The van der Waals surface area contributed by atoms with E-state index in [-0.39, 0.29) is 46.8 Å². The van der Waals surface area contributed by atoms with Crippen molar-refractivity contribution >= 4 is 29.3 Å². The van der Waals surface area contributed by atoms with Gasteiger partial charge in [-0.05, 0) is 59.4 Å². The van der Waals surface area contributed by atoms with Gasteiger partial charge in [0.25, 0.3) is 0 Å². The van der Waals surface area contributed by atoms with Gasteiger partial charge in [-0.1, -0.05) is 72.8 Å². The van der Waals surface area contributed by atoms with Gasteiger partial charge in [0.15, 0.2) is 12.4 Å². The topological polar surface area (TPSA) is 80.8 Å². The molecule has 3 aromatic carbocycles. The molecule has 4 aliphatic carbocycles. The van der Waals surface area contributed by atoms with Crippen LogP contribution in [0.4, 0.5) is 5.69 Å². The lowest BCUT2D eigenvalue weighted by molar-refractivity contribution is -0.124. The molecule has 0 N–H and O–H groups in total. The molecule has 3 aromatic rings. The van der Waals surface area contributed by atoms with E-state index in [0.717, 1.165) is 17.5 Å². The standard InChI is InChI=1S/C32H25NO5/c34-27(20-11-9-19(10-12-20)18-5-2-1-3-6-18)17-38-32(37)21-7-4-8-22(15-21)33-30(35)28-23-13-14-24(26-16-25(23)26)29(28)31(33)36/h1-15,23-26,28-29H,16-17H2/t23-,24-,25-,26+,28-,29+/m0/s1. The van der Waals surface area contributed by atoms with Gasteiger partial charge in [-0.3, -0.25) is 14.4 Å². The number of ketones is 1. The summed E-state index contributed by atoms with van der Waals surface area (Å²) in [4.78, 5) is 53.5. The first kappa shape index (κ1) is 22.8. The average Bonchev–Trinajstić information content (AvgIpc) is 3.74. The lowest BCUT2D eigenvalue weighted by Crippen LogP contribution is -2.40.